The van der Waals surface area contributed by atoms with E-state index in [-0.39, 0.29) is 42.2 Å². The van der Waals surface area contributed by atoms with Crippen LogP contribution in [-0.4, -0.2) is 51.6 Å². The summed E-state index contributed by atoms with van der Waals surface area (Å²) in [6.07, 6.45) is 6.06. The van der Waals surface area contributed by atoms with E-state index in [1.807, 2.05) is 24.3 Å². The smallest absolute Gasteiger partial charge is 0.241 e. The van der Waals surface area contributed by atoms with E-state index in [0.717, 1.165) is 18.4 Å². The second kappa shape index (κ2) is 8.05. The first-order valence-electron chi connectivity index (χ1n) is 10.8. The van der Waals surface area contributed by atoms with E-state index in [0.29, 0.717) is 30.8 Å². The number of carbonyl (C=O) groups excluding carboxylic acids is 2. The highest BCUT2D eigenvalue weighted by Gasteiger charge is 2.38. The lowest BCUT2D eigenvalue weighted by Crippen LogP contribution is -2.50. The minimum Gasteiger partial charge on any atom is -0.489 e. The third-order valence-corrected chi connectivity index (χ3v) is 6.61. The summed E-state index contributed by atoms with van der Waals surface area (Å²) in [7, 11) is 1.87. The Morgan fingerprint density at radius 3 is 2.81 bits per heavy atom. The maximum atomic E-state index is 13.4. The number of rotatable bonds is 3. The van der Waals surface area contributed by atoms with Crippen LogP contribution >= 0.6 is 0 Å². The molecule has 1 amide bonds. The average molecular weight is 427 g/mol. The number of hydrazine groups is 1. The van der Waals surface area contributed by atoms with Crippen LogP contribution in [-0.2, 0) is 11.8 Å². The molecule has 8 nitrogen and oxygen atoms in total. The number of nitrogens with one attached hydrogen (secondary N) is 2. The number of aromatic nitrogens is 2. The van der Waals surface area contributed by atoms with E-state index in [1.165, 1.54) is 18.2 Å². The first-order chi connectivity index (χ1) is 15.0. The average Bonchev–Trinajstić information content (AvgIpc) is 3.43. The molecule has 0 saturated carbocycles. The van der Waals surface area contributed by atoms with Crippen LogP contribution in [0.2, 0.25) is 0 Å². The Morgan fingerprint density at radius 2 is 2.06 bits per heavy atom. The van der Waals surface area contributed by atoms with Crippen molar-refractivity contribution in [2.24, 2.45) is 13.0 Å². The lowest BCUT2D eigenvalue weighted by molar-refractivity contribution is -0.135. The molecule has 2 saturated heterocycles. The Kier molecular flexibility index (Phi) is 5.23. The number of benzene rings is 1. The molecule has 3 aliphatic heterocycles. The van der Waals surface area contributed by atoms with Crippen LogP contribution in [0.4, 0.5) is 4.39 Å². The number of nitrogens with zero attached hydrogens (tertiary/aromatic N) is 3. The predicted molar refractivity (Wildman–Crippen MR) is 110 cm³/mol. The van der Waals surface area contributed by atoms with E-state index in [1.54, 1.807) is 4.68 Å². The van der Waals surface area contributed by atoms with Gasteiger partial charge >= 0.3 is 0 Å². The minimum atomic E-state index is -0.429. The zero-order chi connectivity index (χ0) is 21.5. The number of aryl methyl sites for hydroxylation is 1. The lowest BCUT2D eigenvalue weighted by atomic mass is 9.85. The maximum absolute atomic E-state index is 13.4. The third-order valence-electron chi connectivity index (χ3n) is 6.61. The van der Waals surface area contributed by atoms with Crippen LogP contribution in [0.3, 0.4) is 0 Å². The molecule has 2 aromatic rings. The minimum absolute atomic E-state index is 0.0618. The SMILES string of the molecule is Cn1cc(C2CC(C(=O)N3CCC(C4CC(=O)c5cc(F)ccc5O4)CC3)NN2)cn1. The van der Waals surface area contributed by atoms with Gasteiger partial charge in [0, 0.05) is 38.3 Å². The molecule has 0 radical (unpaired) electrons. The number of hydrogen-bond donors (Lipinski definition) is 2. The van der Waals surface area contributed by atoms with Crippen LogP contribution < -0.4 is 15.6 Å². The molecule has 4 heterocycles. The zero-order valence-corrected chi connectivity index (χ0v) is 17.4. The molecule has 9 heteroatoms. The fourth-order valence-electron chi connectivity index (χ4n) is 4.85. The van der Waals surface area contributed by atoms with Crippen molar-refractivity contribution in [3.05, 3.63) is 47.5 Å². The van der Waals surface area contributed by atoms with Gasteiger partial charge < -0.3 is 9.64 Å². The molecular formula is C22H26FN5O3. The highest BCUT2D eigenvalue weighted by molar-refractivity contribution is 5.99. The van der Waals surface area contributed by atoms with Crippen molar-refractivity contribution >= 4 is 11.7 Å². The Balaban J connectivity index is 1.16. The number of ketones is 1. The summed E-state index contributed by atoms with van der Waals surface area (Å²) >= 11 is 0. The maximum Gasteiger partial charge on any atom is 0.241 e. The molecule has 3 atom stereocenters. The topological polar surface area (TPSA) is 88.5 Å². The van der Waals surface area contributed by atoms with Gasteiger partial charge in [0.2, 0.25) is 5.91 Å². The first kappa shape index (κ1) is 20.1. The predicted octanol–water partition coefficient (Wildman–Crippen LogP) is 1.74. The van der Waals surface area contributed by atoms with Crippen LogP contribution in [0.5, 0.6) is 5.75 Å². The van der Waals surface area contributed by atoms with Gasteiger partial charge in [0.1, 0.15) is 23.7 Å². The summed E-state index contributed by atoms with van der Waals surface area (Å²) in [5.41, 5.74) is 7.71. The molecular weight excluding hydrogens is 401 g/mol. The number of piperidine rings is 1. The van der Waals surface area contributed by atoms with E-state index in [4.69, 9.17) is 4.74 Å². The van der Waals surface area contributed by atoms with Gasteiger partial charge in [-0.25, -0.2) is 15.2 Å². The van der Waals surface area contributed by atoms with Crippen LogP contribution in [0.15, 0.2) is 30.6 Å². The quantitative estimate of drug-likeness (QED) is 0.776. The molecule has 2 fully saturated rings. The van der Waals surface area contributed by atoms with Crippen molar-refractivity contribution in [3.63, 3.8) is 0 Å². The molecule has 0 bridgehead atoms. The summed E-state index contributed by atoms with van der Waals surface area (Å²) < 4.78 is 21.2. The van der Waals surface area contributed by atoms with Crippen molar-refractivity contribution in [2.75, 3.05) is 13.1 Å². The molecule has 0 spiro atoms. The second-order valence-electron chi connectivity index (χ2n) is 8.66. The van der Waals surface area contributed by atoms with E-state index in [2.05, 4.69) is 16.0 Å². The number of halogens is 1. The first-order valence-corrected chi connectivity index (χ1v) is 10.8. The van der Waals surface area contributed by atoms with E-state index >= 15 is 0 Å². The Morgan fingerprint density at radius 1 is 1.26 bits per heavy atom. The van der Waals surface area contributed by atoms with Gasteiger partial charge in [-0.1, -0.05) is 0 Å². The molecule has 1 aromatic carbocycles. The van der Waals surface area contributed by atoms with Crippen molar-refractivity contribution in [1.29, 1.82) is 0 Å². The molecule has 3 aliphatic rings. The molecule has 31 heavy (non-hydrogen) atoms. The number of carbonyl (C=O) groups is 2. The highest BCUT2D eigenvalue weighted by atomic mass is 19.1. The van der Waals surface area contributed by atoms with Gasteiger partial charge in [0.05, 0.1) is 17.8 Å². The number of Topliss-reactive ketones (excluding diaryl/α,β-unsaturated/α-hetero) is 1. The Labute approximate surface area is 179 Å². The van der Waals surface area contributed by atoms with Crippen molar-refractivity contribution < 1.29 is 18.7 Å². The second-order valence-corrected chi connectivity index (χ2v) is 8.66. The van der Waals surface area contributed by atoms with Crippen LogP contribution in [0.25, 0.3) is 0 Å². The van der Waals surface area contributed by atoms with Crippen molar-refractivity contribution in [1.82, 2.24) is 25.5 Å². The summed E-state index contributed by atoms with van der Waals surface area (Å²) in [5, 5.41) is 4.20. The standard InChI is InChI=1S/C22H26FN5O3/c1-27-12-14(11-24-27)17-9-18(26-25-17)22(30)28-6-4-13(5-7-28)21-10-19(29)16-8-15(23)2-3-20(16)31-21/h2-3,8,11-13,17-18,21,25-26H,4-7,9-10H2,1H3. The Hall–Kier alpha value is -2.78. The summed E-state index contributed by atoms with van der Waals surface area (Å²) in [6, 6.07) is 3.89. The van der Waals surface area contributed by atoms with Gasteiger partial charge in [-0.3, -0.25) is 14.3 Å². The summed E-state index contributed by atoms with van der Waals surface area (Å²) in [4.78, 5) is 27.3. The Bertz CT molecular complexity index is 1000. The number of hydrogen-bond acceptors (Lipinski definition) is 6. The fraction of sp³-hybridized carbons (Fsp3) is 0.500. The summed E-state index contributed by atoms with van der Waals surface area (Å²) in [5.74, 6) is 0.250. The largest absolute Gasteiger partial charge is 0.489 e. The molecule has 3 unspecified atom stereocenters. The van der Waals surface area contributed by atoms with Gasteiger partial charge in [0.25, 0.3) is 0 Å². The molecule has 164 valence electrons. The summed E-state index contributed by atoms with van der Waals surface area (Å²) in [6.45, 7) is 1.28. The van der Waals surface area contributed by atoms with Gasteiger partial charge in [-0.15, -0.1) is 0 Å². The number of ether oxygens (including phenoxy) is 1. The van der Waals surface area contributed by atoms with Gasteiger partial charge in [0.15, 0.2) is 5.78 Å². The normalized spacial score (nSPS) is 26.6. The van der Waals surface area contributed by atoms with E-state index < -0.39 is 5.82 Å². The molecule has 1 aromatic heterocycles. The number of likely N-dealkylation sites (tertiary alicyclic amines) is 1. The zero-order valence-electron chi connectivity index (χ0n) is 17.4. The van der Waals surface area contributed by atoms with Crippen LogP contribution in [0, 0.1) is 11.7 Å². The van der Waals surface area contributed by atoms with E-state index in [9.17, 15) is 14.0 Å². The van der Waals surface area contributed by atoms with Crippen molar-refractivity contribution in [2.45, 2.75) is 43.9 Å². The molecule has 2 N–H and O–H groups in total. The van der Waals surface area contributed by atoms with Gasteiger partial charge in [-0.2, -0.15) is 5.10 Å². The third kappa shape index (κ3) is 3.95. The highest BCUT2D eigenvalue weighted by Crippen LogP contribution is 2.34. The number of fused-ring (bicyclic) bond motifs is 1. The number of amides is 1. The molecule has 0 aliphatic carbocycles. The van der Waals surface area contributed by atoms with Crippen molar-refractivity contribution in [3.8, 4) is 5.75 Å². The monoisotopic (exact) mass is 427 g/mol. The molecule has 5 rings (SSSR count). The van der Waals surface area contributed by atoms with Gasteiger partial charge in [-0.05, 0) is 43.4 Å². The lowest BCUT2D eigenvalue weighted by Gasteiger charge is -2.38. The van der Waals surface area contributed by atoms with Crippen LogP contribution in [0.1, 0.15) is 47.6 Å². The fourth-order valence-corrected chi connectivity index (χ4v) is 4.85.